The minimum absolute atomic E-state index is 0.379. The largest absolute Gasteiger partial charge is 0.316 e. The summed E-state index contributed by atoms with van der Waals surface area (Å²) in [5.74, 6) is 0. The average molecular weight is 227 g/mol. The summed E-state index contributed by atoms with van der Waals surface area (Å²) in [5.41, 5.74) is 0.828. The number of hydrogen-bond donors (Lipinski definition) is 1. The Balaban J connectivity index is 3.25. The fourth-order valence-corrected chi connectivity index (χ4v) is 2.65. The van der Waals surface area contributed by atoms with Gasteiger partial charge in [0.05, 0.1) is 10.1 Å². The van der Waals surface area contributed by atoms with Crippen LogP contribution in [0.25, 0.3) is 0 Å². The third kappa shape index (κ3) is 2.58. The van der Waals surface area contributed by atoms with Gasteiger partial charge in [-0.3, -0.25) is 0 Å². The van der Waals surface area contributed by atoms with E-state index in [9.17, 15) is 8.42 Å². The summed E-state index contributed by atoms with van der Waals surface area (Å²) < 4.78 is 24.0. The molecule has 0 amide bonds. The van der Waals surface area contributed by atoms with Crippen molar-refractivity contribution in [2.75, 3.05) is 7.05 Å². The van der Waals surface area contributed by atoms with E-state index < -0.39 is 9.84 Å². The highest BCUT2D eigenvalue weighted by molar-refractivity contribution is 7.92. The van der Waals surface area contributed by atoms with Gasteiger partial charge in [-0.1, -0.05) is 18.2 Å². The lowest BCUT2D eigenvalue weighted by Gasteiger charge is -2.12. The summed E-state index contributed by atoms with van der Waals surface area (Å²) in [7, 11) is -1.37. The zero-order valence-corrected chi connectivity index (χ0v) is 10.1. The van der Waals surface area contributed by atoms with Crippen LogP contribution in [0.3, 0.4) is 0 Å². The van der Waals surface area contributed by atoms with Gasteiger partial charge < -0.3 is 5.32 Å². The molecule has 0 atom stereocenters. The van der Waals surface area contributed by atoms with E-state index in [1.54, 1.807) is 33.0 Å². The molecule has 1 aromatic carbocycles. The first-order chi connectivity index (χ1) is 7.00. The van der Waals surface area contributed by atoms with Crippen molar-refractivity contribution >= 4 is 9.84 Å². The molecule has 0 spiro atoms. The Hall–Kier alpha value is -0.870. The molecular weight excluding hydrogens is 210 g/mol. The van der Waals surface area contributed by atoms with Crippen molar-refractivity contribution in [3.05, 3.63) is 29.8 Å². The lowest BCUT2D eigenvalue weighted by molar-refractivity contribution is 0.585. The second-order valence-corrected chi connectivity index (χ2v) is 6.20. The van der Waals surface area contributed by atoms with Crippen LogP contribution in [0, 0.1) is 0 Å². The van der Waals surface area contributed by atoms with E-state index in [2.05, 4.69) is 5.32 Å². The first-order valence-electron chi connectivity index (χ1n) is 4.96. The zero-order valence-electron chi connectivity index (χ0n) is 9.32. The Labute approximate surface area is 91.4 Å². The van der Waals surface area contributed by atoms with Gasteiger partial charge in [0.25, 0.3) is 0 Å². The van der Waals surface area contributed by atoms with Crippen LogP contribution in [0.4, 0.5) is 0 Å². The van der Waals surface area contributed by atoms with Crippen molar-refractivity contribution in [1.82, 2.24) is 5.32 Å². The maximum atomic E-state index is 12.0. The van der Waals surface area contributed by atoms with Crippen molar-refractivity contribution < 1.29 is 8.42 Å². The summed E-state index contributed by atoms with van der Waals surface area (Å²) in [6.45, 7) is 3.97. The average Bonchev–Trinajstić information content (AvgIpc) is 2.18. The summed E-state index contributed by atoms with van der Waals surface area (Å²) in [4.78, 5) is 0.439. The Morgan fingerprint density at radius 3 is 2.40 bits per heavy atom. The van der Waals surface area contributed by atoms with Crippen LogP contribution in [0.5, 0.6) is 0 Å². The molecule has 0 heterocycles. The zero-order chi connectivity index (χ0) is 11.5. The molecule has 1 rings (SSSR count). The van der Waals surface area contributed by atoms with Gasteiger partial charge in [-0.2, -0.15) is 0 Å². The number of rotatable bonds is 4. The van der Waals surface area contributed by atoms with Crippen LogP contribution < -0.4 is 5.32 Å². The van der Waals surface area contributed by atoms with Crippen LogP contribution in [0.1, 0.15) is 19.4 Å². The van der Waals surface area contributed by atoms with Gasteiger partial charge in [0.2, 0.25) is 0 Å². The molecule has 0 radical (unpaired) electrons. The molecule has 0 fully saturated rings. The van der Waals surface area contributed by atoms with Crippen LogP contribution in [-0.2, 0) is 16.4 Å². The molecule has 0 aliphatic carbocycles. The van der Waals surface area contributed by atoms with Gasteiger partial charge in [0, 0.05) is 6.54 Å². The third-order valence-corrected chi connectivity index (χ3v) is 4.52. The first-order valence-corrected chi connectivity index (χ1v) is 6.51. The Morgan fingerprint density at radius 2 is 1.87 bits per heavy atom. The fourth-order valence-electron chi connectivity index (χ4n) is 1.37. The minimum Gasteiger partial charge on any atom is -0.316 e. The number of sulfone groups is 1. The summed E-state index contributed by atoms with van der Waals surface area (Å²) in [5, 5.41) is 2.59. The molecule has 4 heteroatoms. The van der Waals surface area contributed by atoms with Crippen LogP contribution in [-0.4, -0.2) is 20.7 Å². The van der Waals surface area contributed by atoms with E-state index >= 15 is 0 Å². The highest BCUT2D eigenvalue weighted by Crippen LogP contribution is 2.20. The van der Waals surface area contributed by atoms with E-state index in [4.69, 9.17) is 0 Å². The molecule has 3 nitrogen and oxygen atoms in total. The van der Waals surface area contributed by atoms with Crippen molar-refractivity contribution in [1.29, 1.82) is 0 Å². The van der Waals surface area contributed by atoms with Crippen LogP contribution >= 0.6 is 0 Å². The molecule has 0 saturated heterocycles. The lowest BCUT2D eigenvalue weighted by Crippen LogP contribution is -2.17. The molecule has 84 valence electrons. The standard InChI is InChI=1S/C11H17NO2S/c1-9(2)15(13,14)11-7-5-4-6-10(11)8-12-3/h4-7,9,12H,8H2,1-3H3. The molecular formula is C11H17NO2S. The molecule has 0 aromatic heterocycles. The SMILES string of the molecule is CNCc1ccccc1S(=O)(=O)C(C)C. The normalized spacial score (nSPS) is 12.0. The van der Waals surface area contributed by atoms with E-state index in [0.717, 1.165) is 5.56 Å². The number of hydrogen-bond acceptors (Lipinski definition) is 3. The van der Waals surface area contributed by atoms with Crippen LogP contribution in [0.15, 0.2) is 29.2 Å². The van der Waals surface area contributed by atoms with Crippen molar-refractivity contribution in [3.63, 3.8) is 0 Å². The van der Waals surface area contributed by atoms with Crippen molar-refractivity contribution in [3.8, 4) is 0 Å². The summed E-state index contributed by atoms with van der Waals surface area (Å²) in [6.07, 6.45) is 0. The Kier molecular flexibility index (Phi) is 3.88. The van der Waals surface area contributed by atoms with Gasteiger partial charge in [-0.15, -0.1) is 0 Å². The lowest BCUT2D eigenvalue weighted by atomic mass is 10.2. The van der Waals surface area contributed by atoms with Crippen molar-refractivity contribution in [2.24, 2.45) is 0 Å². The molecule has 0 aliphatic heterocycles. The number of nitrogens with one attached hydrogen (secondary N) is 1. The van der Waals surface area contributed by atoms with E-state index in [0.29, 0.717) is 11.4 Å². The van der Waals surface area contributed by atoms with Gasteiger partial charge in [0.1, 0.15) is 0 Å². The van der Waals surface area contributed by atoms with Gasteiger partial charge in [0.15, 0.2) is 9.84 Å². The summed E-state index contributed by atoms with van der Waals surface area (Å²) in [6, 6.07) is 7.12. The van der Waals surface area contributed by atoms with Crippen molar-refractivity contribution in [2.45, 2.75) is 30.5 Å². The maximum Gasteiger partial charge on any atom is 0.181 e. The predicted octanol–water partition coefficient (Wildman–Crippen LogP) is 1.59. The third-order valence-electron chi connectivity index (χ3n) is 2.27. The molecule has 0 aliphatic rings. The highest BCUT2D eigenvalue weighted by Gasteiger charge is 2.21. The molecule has 0 unspecified atom stereocenters. The van der Waals surface area contributed by atoms with Crippen LogP contribution in [0.2, 0.25) is 0 Å². The number of benzene rings is 1. The predicted molar refractivity (Wildman–Crippen MR) is 61.5 cm³/mol. The molecule has 1 aromatic rings. The molecule has 1 N–H and O–H groups in total. The van der Waals surface area contributed by atoms with E-state index in [1.165, 1.54) is 0 Å². The van der Waals surface area contributed by atoms with E-state index in [1.807, 2.05) is 12.1 Å². The fraction of sp³-hybridized carbons (Fsp3) is 0.455. The quantitative estimate of drug-likeness (QED) is 0.849. The molecule has 0 saturated carbocycles. The smallest absolute Gasteiger partial charge is 0.181 e. The maximum absolute atomic E-state index is 12.0. The molecule has 0 bridgehead atoms. The first kappa shape index (κ1) is 12.2. The van der Waals surface area contributed by atoms with E-state index in [-0.39, 0.29) is 5.25 Å². The van der Waals surface area contributed by atoms with Gasteiger partial charge >= 0.3 is 0 Å². The second kappa shape index (κ2) is 4.77. The summed E-state index contributed by atoms with van der Waals surface area (Å²) >= 11 is 0. The monoisotopic (exact) mass is 227 g/mol. The topological polar surface area (TPSA) is 46.2 Å². The molecule has 15 heavy (non-hydrogen) atoms. The highest BCUT2D eigenvalue weighted by atomic mass is 32.2. The minimum atomic E-state index is -3.17. The Bertz CT molecular complexity index is 424. The van der Waals surface area contributed by atoms with Gasteiger partial charge in [-0.25, -0.2) is 8.42 Å². The Morgan fingerprint density at radius 1 is 1.27 bits per heavy atom. The second-order valence-electron chi connectivity index (χ2n) is 3.73. The van der Waals surface area contributed by atoms with Gasteiger partial charge in [-0.05, 0) is 32.5 Å².